The van der Waals surface area contributed by atoms with Gasteiger partial charge in [-0.2, -0.15) is 0 Å². The molecular formula is C20H34N2O4. The highest BCUT2D eigenvalue weighted by atomic mass is 16.5. The van der Waals surface area contributed by atoms with Crippen LogP contribution in [0.25, 0.3) is 0 Å². The second-order valence-electron chi connectivity index (χ2n) is 8.07. The molecule has 2 aliphatic heterocycles. The summed E-state index contributed by atoms with van der Waals surface area (Å²) in [5.74, 6) is 0.897. The number of ether oxygens (including phenoxy) is 2. The van der Waals surface area contributed by atoms with Crippen LogP contribution in [0.3, 0.4) is 0 Å². The quantitative estimate of drug-likeness (QED) is 0.723. The Morgan fingerprint density at radius 2 is 1.77 bits per heavy atom. The molecule has 0 aromatic rings. The van der Waals surface area contributed by atoms with Crippen LogP contribution in [0.5, 0.6) is 0 Å². The van der Waals surface area contributed by atoms with Gasteiger partial charge in [-0.05, 0) is 38.0 Å². The number of rotatable bonds is 6. The van der Waals surface area contributed by atoms with Gasteiger partial charge in [-0.3, -0.25) is 9.59 Å². The fraction of sp³-hybridized carbons (Fsp3) is 0.900. The molecule has 26 heavy (non-hydrogen) atoms. The first-order chi connectivity index (χ1) is 12.7. The molecule has 0 radical (unpaired) electrons. The third kappa shape index (κ3) is 4.97. The minimum absolute atomic E-state index is 0.0472. The lowest BCUT2D eigenvalue weighted by atomic mass is 9.87. The van der Waals surface area contributed by atoms with E-state index in [-0.39, 0.29) is 30.5 Å². The van der Waals surface area contributed by atoms with Crippen LogP contribution in [-0.4, -0.2) is 73.7 Å². The molecule has 1 atom stereocenters. The SMILES string of the molecule is COCC(=O)N(C1CCOCC1)C1CCN(C(=O)CC2CCCCC2)C1. The van der Waals surface area contributed by atoms with Gasteiger partial charge in [0.25, 0.3) is 0 Å². The van der Waals surface area contributed by atoms with Crippen LogP contribution in [0.15, 0.2) is 0 Å². The molecule has 2 heterocycles. The Balaban J connectivity index is 1.57. The maximum Gasteiger partial charge on any atom is 0.249 e. The fourth-order valence-corrected chi connectivity index (χ4v) is 4.83. The summed E-state index contributed by atoms with van der Waals surface area (Å²) in [4.78, 5) is 29.4. The maximum atomic E-state index is 12.7. The lowest BCUT2D eigenvalue weighted by Gasteiger charge is -2.38. The van der Waals surface area contributed by atoms with Gasteiger partial charge in [0.1, 0.15) is 6.61 Å². The molecule has 1 aliphatic carbocycles. The Kier molecular flexibility index (Phi) is 7.32. The second-order valence-corrected chi connectivity index (χ2v) is 8.07. The number of carbonyl (C=O) groups is 2. The highest BCUT2D eigenvalue weighted by molar-refractivity contribution is 5.79. The molecule has 148 valence electrons. The molecule has 6 nitrogen and oxygen atoms in total. The van der Waals surface area contributed by atoms with E-state index in [2.05, 4.69) is 0 Å². The zero-order valence-electron chi connectivity index (χ0n) is 16.2. The van der Waals surface area contributed by atoms with E-state index in [4.69, 9.17) is 9.47 Å². The topological polar surface area (TPSA) is 59.1 Å². The van der Waals surface area contributed by atoms with Gasteiger partial charge in [0.2, 0.25) is 11.8 Å². The third-order valence-corrected chi connectivity index (χ3v) is 6.24. The van der Waals surface area contributed by atoms with Crippen molar-refractivity contribution in [1.29, 1.82) is 0 Å². The molecule has 1 saturated carbocycles. The minimum Gasteiger partial charge on any atom is -0.381 e. The number of amides is 2. The second kappa shape index (κ2) is 9.70. The van der Waals surface area contributed by atoms with Crippen LogP contribution in [0, 0.1) is 5.92 Å². The molecule has 2 saturated heterocycles. The van der Waals surface area contributed by atoms with Crippen LogP contribution in [0.1, 0.15) is 57.8 Å². The Hall–Kier alpha value is -1.14. The van der Waals surface area contributed by atoms with E-state index in [1.807, 2.05) is 9.80 Å². The molecule has 0 bridgehead atoms. The summed E-state index contributed by atoms with van der Waals surface area (Å²) < 4.78 is 10.6. The number of likely N-dealkylation sites (tertiary alicyclic amines) is 1. The lowest BCUT2D eigenvalue weighted by molar-refractivity contribution is -0.143. The van der Waals surface area contributed by atoms with E-state index in [9.17, 15) is 9.59 Å². The molecule has 3 fully saturated rings. The van der Waals surface area contributed by atoms with Crippen molar-refractivity contribution in [3.63, 3.8) is 0 Å². The van der Waals surface area contributed by atoms with E-state index in [0.717, 1.165) is 25.8 Å². The van der Waals surface area contributed by atoms with Gasteiger partial charge in [0.05, 0.1) is 6.04 Å². The van der Waals surface area contributed by atoms with Gasteiger partial charge >= 0.3 is 0 Å². The van der Waals surface area contributed by atoms with E-state index in [1.165, 1.54) is 32.1 Å². The highest BCUT2D eigenvalue weighted by Crippen LogP contribution is 2.29. The first-order valence-electron chi connectivity index (χ1n) is 10.3. The Bertz CT molecular complexity index is 472. The predicted octanol–water partition coefficient (Wildman–Crippen LogP) is 2.21. The number of carbonyl (C=O) groups excluding carboxylic acids is 2. The molecule has 0 aromatic heterocycles. The zero-order chi connectivity index (χ0) is 18.4. The number of nitrogens with zero attached hydrogens (tertiary/aromatic N) is 2. The first kappa shape index (κ1) is 19.6. The van der Waals surface area contributed by atoms with Crippen molar-refractivity contribution in [3.05, 3.63) is 0 Å². The van der Waals surface area contributed by atoms with E-state index in [1.54, 1.807) is 7.11 Å². The average molecular weight is 367 g/mol. The third-order valence-electron chi connectivity index (χ3n) is 6.24. The van der Waals surface area contributed by atoms with Gasteiger partial charge < -0.3 is 19.3 Å². The van der Waals surface area contributed by atoms with Gasteiger partial charge in [0, 0.05) is 45.9 Å². The molecule has 0 spiro atoms. The summed E-state index contributed by atoms with van der Waals surface area (Å²) >= 11 is 0. The number of hydrogen-bond donors (Lipinski definition) is 0. The Morgan fingerprint density at radius 3 is 2.46 bits per heavy atom. The van der Waals surface area contributed by atoms with Crippen molar-refractivity contribution in [2.75, 3.05) is 40.0 Å². The number of hydrogen-bond acceptors (Lipinski definition) is 4. The Labute approximate surface area is 157 Å². The first-order valence-corrected chi connectivity index (χ1v) is 10.3. The van der Waals surface area contributed by atoms with Crippen molar-refractivity contribution in [1.82, 2.24) is 9.80 Å². The Morgan fingerprint density at radius 1 is 1.04 bits per heavy atom. The summed E-state index contributed by atoms with van der Waals surface area (Å²) in [5, 5.41) is 0. The van der Waals surface area contributed by atoms with Crippen LogP contribution < -0.4 is 0 Å². The van der Waals surface area contributed by atoms with Gasteiger partial charge in [-0.25, -0.2) is 0 Å². The predicted molar refractivity (Wildman–Crippen MR) is 98.7 cm³/mol. The molecular weight excluding hydrogens is 332 g/mol. The molecule has 0 aromatic carbocycles. The lowest BCUT2D eigenvalue weighted by Crippen LogP contribution is -2.51. The summed E-state index contributed by atoms with van der Waals surface area (Å²) in [7, 11) is 1.56. The van der Waals surface area contributed by atoms with Crippen LogP contribution >= 0.6 is 0 Å². The summed E-state index contributed by atoms with van der Waals surface area (Å²) in [6.07, 6.45) is 9.57. The van der Waals surface area contributed by atoms with Crippen LogP contribution in [0.2, 0.25) is 0 Å². The monoisotopic (exact) mass is 366 g/mol. The standard InChI is InChI=1S/C20H34N2O4/c1-25-15-20(24)22(17-8-11-26-12-9-17)18-7-10-21(14-18)19(23)13-16-5-3-2-4-6-16/h16-18H,2-15H2,1H3. The van der Waals surface area contributed by atoms with Crippen molar-refractivity contribution >= 4 is 11.8 Å². The van der Waals surface area contributed by atoms with Crippen molar-refractivity contribution in [2.24, 2.45) is 5.92 Å². The molecule has 6 heteroatoms. The smallest absolute Gasteiger partial charge is 0.249 e. The molecule has 3 aliphatic rings. The summed E-state index contributed by atoms with van der Waals surface area (Å²) in [5.41, 5.74) is 0. The minimum atomic E-state index is 0.0472. The van der Waals surface area contributed by atoms with E-state index >= 15 is 0 Å². The van der Waals surface area contributed by atoms with E-state index < -0.39 is 0 Å². The fourth-order valence-electron chi connectivity index (χ4n) is 4.83. The number of methoxy groups -OCH3 is 1. The van der Waals surface area contributed by atoms with Crippen LogP contribution in [0.4, 0.5) is 0 Å². The van der Waals surface area contributed by atoms with E-state index in [0.29, 0.717) is 32.1 Å². The van der Waals surface area contributed by atoms with Gasteiger partial charge in [0.15, 0.2) is 0 Å². The molecule has 2 amide bonds. The van der Waals surface area contributed by atoms with Crippen molar-refractivity contribution in [2.45, 2.75) is 69.9 Å². The largest absolute Gasteiger partial charge is 0.381 e. The molecule has 1 unspecified atom stereocenters. The summed E-state index contributed by atoms with van der Waals surface area (Å²) in [6.45, 7) is 2.98. The van der Waals surface area contributed by atoms with Gasteiger partial charge in [-0.1, -0.05) is 19.3 Å². The normalized spacial score (nSPS) is 25.4. The summed E-state index contributed by atoms with van der Waals surface area (Å²) in [6, 6.07) is 0.334. The highest BCUT2D eigenvalue weighted by Gasteiger charge is 2.37. The van der Waals surface area contributed by atoms with Crippen LogP contribution in [-0.2, 0) is 19.1 Å². The average Bonchev–Trinajstić information content (AvgIpc) is 3.14. The molecule has 0 N–H and O–H groups in total. The zero-order valence-corrected chi connectivity index (χ0v) is 16.2. The maximum absolute atomic E-state index is 12.7. The van der Waals surface area contributed by atoms with Gasteiger partial charge in [-0.15, -0.1) is 0 Å². The van der Waals surface area contributed by atoms with Crippen molar-refractivity contribution in [3.8, 4) is 0 Å². The van der Waals surface area contributed by atoms with Crippen molar-refractivity contribution < 1.29 is 19.1 Å². The molecule has 3 rings (SSSR count).